The van der Waals surface area contributed by atoms with Crippen molar-refractivity contribution < 1.29 is 36.6 Å². The lowest BCUT2D eigenvalue weighted by Crippen LogP contribution is -2.16. The van der Waals surface area contributed by atoms with Crippen LogP contribution >= 0.6 is 0 Å². The summed E-state index contributed by atoms with van der Waals surface area (Å²) in [5, 5.41) is 1.47. The van der Waals surface area contributed by atoms with Gasteiger partial charge in [0.05, 0.1) is 12.0 Å². The van der Waals surface area contributed by atoms with Crippen LogP contribution in [0.3, 0.4) is 0 Å². The SMILES string of the molecule is CCCCOC(=O)COc1ccc2c(=O)c(Oc3ccc4ccccc4c3)c(C(F)(F)F)oc2c1. The summed E-state index contributed by atoms with van der Waals surface area (Å²) in [6.07, 6.45) is -3.44. The Kier molecular flexibility index (Phi) is 6.95. The number of hydrogen-bond donors (Lipinski definition) is 0. The van der Waals surface area contributed by atoms with Gasteiger partial charge in [0.15, 0.2) is 6.61 Å². The Hall–Kier alpha value is -4.01. The van der Waals surface area contributed by atoms with Crippen molar-refractivity contribution in [2.75, 3.05) is 13.2 Å². The van der Waals surface area contributed by atoms with Gasteiger partial charge in [0, 0.05) is 6.07 Å². The van der Waals surface area contributed by atoms with Gasteiger partial charge in [-0.1, -0.05) is 43.7 Å². The van der Waals surface area contributed by atoms with Crippen molar-refractivity contribution in [3.05, 3.63) is 76.6 Å². The summed E-state index contributed by atoms with van der Waals surface area (Å²) in [4.78, 5) is 24.7. The molecule has 0 N–H and O–H groups in total. The molecule has 182 valence electrons. The van der Waals surface area contributed by atoms with Crippen LogP contribution in [0.2, 0.25) is 0 Å². The molecule has 0 amide bonds. The van der Waals surface area contributed by atoms with Gasteiger partial charge in [0.1, 0.15) is 17.1 Å². The van der Waals surface area contributed by atoms with E-state index in [1.807, 2.05) is 19.1 Å². The summed E-state index contributed by atoms with van der Waals surface area (Å²) in [7, 11) is 0. The van der Waals surface area contributed by atoms with Crippen LogP contribution in [0, 0.1) is 0 Å². The van der Waals surface area contributed by atoms with Gasteiger partial charge in [0.25, 0.3) is 5.76 Å². The molecule has 0 aliphatic rings. The first-order valence-corrected chi connectivity index (χ1v) is 10.9. The van der Waals surface area contributed by atoms with E-state index in [0.717, 1.165) is 23.3 Å². The number of carbonyl (C=O) groups excluding carboxylic acids is 1. The standard InChI is InChI=1S/C26H21F3O6/c1-2-3-12-32-22(30)15-33-18-10-11-20-21(14-18)35-25(26(27,28)29)24(23(20)31)34-19-9-8-16-6-4-5-7-17(16)13-19/h4-11,13-14H,2-3,12,15H2,1H3. The van der Waals surface area contributed by atoms with E-state index < -0.39 is 35.7 Å². The Bertz CT molecular complexity index is 1420. The number of carbonyl (C=O) groups is 1. The minimum Gasteiger partial charge on any atom is -0.482 e. The molecule has 0 unspecified atom stereocenters. The van der Waals surface area contributed by atoms with E-state index in [1.165, 1.54) is 24.3 Å². The summed E-state index contributed by atoms with van der Waals surface area (Å²) in [6.45, 7) is 1.76. The highest BCUT2D eigenvalue weighted by atomic mass is 19.4. The summed E-state index contributed by atoms with van der Waals surface area (Å²) < 4.78 is 62.2. The number of fused-ring (bicyclic) bond motifs is 2. The van der Waals surface area contributed by atoms with Crippen LogP contribution in [0.25, 0.3) is 21.7 Å². The van der Waals surface area contributed by atoms with Gasteiger partial charge >= 0.3 is 12.1 Å². The van der Waals surface area contributed by atoms with Crippen molar-refractivity contribution in [2.24, 2.45) is 0 Å². The molecule has 0 aliphatic heterocycles. The zero-order valence-corrected chi connectivity index (χ0v) is 18.7. The highest BCUT2D eigenvalue weighted by Gasteiger charge is 2.40. The van der Waals surface area contributed by atoms with Gasteiger partial charge in [-0.2, -0.15) is 13.2 Å². The van der Waals surface area contributed by atoms with Crippen molar-refractivity contribution in [1.82, 2.24) is 0 Å². The average molecular weight is 486 g/mol. The van der Waals surface area contributed by atoms with E-state index >= 15 is 0 Å². The smallest absolute Gasteiger partial charge is 0.453 e. The highest BCUT2D eigenvalue weighted by molar-refractivity contribution is 5.84. The van der Waals surface area contributed by atoms with E-state index in [4.69, 9.17) is 18.6 Å². The maximum atomic E-state index is 13.8. The topological polar surface area (TPSA) is 75.0 Å². The first kappa shape index (κ1) is 24.1. The second-order valence-corrected chi connectivity index (χ2v) is 7.72. The second kappa shape index (κ2) is 10.1. The Balaban J connectivity index is 1.66. The van der Waals surface area contributed by atoms with Gasteiger partial charge in [0.2, 0.25) is 11.2 Å². The van der Waals surface area contributed by atoms with E-state index in [0.29, 0.717) is 6.42 Å². The zero-order valence-electron chi connectivity index (χ0n) is 18.7. The van der Waals surface area contributed by atoms with Crippen molar-refractivity contribution in [2.45, 2.75) is 25.9 Å². The number of halogens is 3. The monoisotopic (exact) mass is 486 g/mol. The molecule has 9 heteroatoms. The van der Waals surface area contributed by atoms with Gasteiger partial charge in [-0.25, -0.2) is 4.79 Å². The van der Waals surface area contributed by atoms with Gasteiger partial charge < -0.3 is 18.6 Å². The Morgan fingerprint density at radius 3 is 2.46 bits per heavy atom. The van der Waals surface area contributed by atoms with E-state index in [2.05, 4.69) is 0 Å². The molecule has 0 bridgehead atoms. The lowest BCUT2D eigenvalue weighted by Gasteiger charge is -2.14. The van der Waals surface area contributed by atoms with Gasteiger partial charge in [-0.05, 0) is 41.5 Å². The molecule has 1 heterocycles. The predicted molar refractivity (Wildman–Crippen MR) is 123 cm³/mol. The van der Waals surface area contributed by atoms with Crippen LogP contribution in [0.15, 0.2) is 69.9 Å². The average Bonchev–Trinajstić information content (AvgIpc) is 2.83. The normalized spacial score (nSPS) is 11.5. The number of hydrogen-bond acceptors (Lipinski definition) is 6. The number of rotatable bonds is 8. The molecule has 3 aromatic carbocycles. The minimum atomic E-state index is -5.00. The lowest BCUT2D eigenvalue weighted by molar-refractivity contribution is -0.154. The number of esters is 1. The third kappa shape index (κ3) is 5.56. The zero-order chi connectivity index (χ0) is 25.0. The van der Waals surface area contributed by atoms with Crippen molar-refractivity contribution in [3.63, 3.8) is 0 Å². The summed E-state index contributed by atoms with van der Waals surface area (Å²) in [5.74, 6) is -3.05. The fraction of sp³-hybridized carbons (Fsp3) is 0.231. The maximum absolute atomic E-state index is 13.8. The summed E-state index contributed by atoms with van der Waals surface area (Å²) in [5.41, 5.74) is -1.35. The number of ether oxygens (including phenoxy) is 3. The molecule has 6 nitrogen and oxygen atoms in total. The molecule has 1 aromatic heterocycles. The van der Waals surface area contributed by atoms with Crippen LogP contribution in [0.5, 0.6) is 17.2 Å². The summed E-state index contributed by atoms with van der Waals surface area (Å²) in [6, 6.07) is 15.6. The number of unbranched alkanes of at least 4 members (excludes halogenated alkanes) is 1. The van der Waals surface area contributed by atoms with Crippen LogP contribution in [-0.2, 0) is 15.7 Å². The highest BCUT2D eigenvalue weighted by Crippen LogP contribution is 2.39. The first-order valence-electron chi connectivity index (χ1n) is 10.9. The molecule has 0 saturated heterocycles. The third-order valence-corrected chi connectivity index (χ3v) is 5.14. The fourth-order valence-electron chi connectivity index (χ4n) is 3.39. The largest absolute Gasteiger partial charge is 0.482 e. The van der Waals surface area contributed by atoms with Crippen molar-refractivity contribution >= 4 is 27.7 Å². The maximum Gasteiger partial charge on any atom is 0.453 e. The van der Waals surface area contributed by atoms with Crippen molar-refractivity contribution in [1.29, 1.82) is 0 Å². The second-order valence-electron chi connectivity index (χ2n) is 7.72. The van der Waals surface area contributed by atoms with E-state index in [9.17, 15) is 22.8 Å². The molecule has 0 fully saturated rings. The molecule has 0 aliphatic carbocycles. The molecule has 4 aromatic rings. The minimum absolute atomic E-state index is 0.0458. The van der Waals surface area contributed by atoms with Gasteiger partial charge in [-0.3, -0.25) is 4.79 Å². The predicted octanol–water partition coefficient (Wildman–Crippen LogP) is 6.48. The van der Waals surface area contributed by atoms with E-state index in [1.54, 1.807) is 18.2 Å². The quantitative estimate of drug-likeness (QED) is 0.210. The van der Waals surface area contributed by atoms with Crippen LogP contribution in [-0.4, -0.2) is 19.2 Å². The van der Waals surface area contributed by atoms with Crippen LogP contribution < -0.4 is 14.9 Å². The first-order chi connectivity index (χ1) is 16.8. The molecule has 0 spiro atoms. The number of alkyl halides is 3. The summed E-state index contributed by atoms with van der Waals surface area (Å²) >= 11 is 0. The molecule has 0 saturated carbocycles. The van der Waals surface area contributed by atoms with E-state index in [-0.39, 0.29) is 29.1 Å². The molecular weight excluding hydrogens is 465 g/mol. The molecule has 0 radical (unpaired) electrons. The fourth-order valence-corrected chi connectivity index (χ4v) is 3.39. The lowest BCUT2D eigenvalue weighted by atomic mass is 10.1. The van der Waals surface area contributed by atoms with Crippen LogP contribution in [0.4, 0.5) is 13.2 Å². The van der Waals surface area contributed by atoms with Gasteiger partial charge in [-0.15, -0.1) is 0 Å². The molecular formula is C26H21F3O6. The van der Waals surface area contributed by atoms with Crippen LogP contribution in [0.1, 0.15) is 25.5 Å². The molecule has 35 heavy (non-hydrogen) atoms. The Morgan fingerprint density at radius 1 is 0.971 bits per heavy atom. The Labute approximate surface area is 197 Å². The number of benzene rings is 3. The third-order valence-electron chi connectivity index (χ3n) is 5.14. The molecule has 0 atom stereocenters. The van der Waals surface area contributed by atoms with Crippen molar-refractivity contribution in [3.8, 4) is 17.2 Å². The molecule has 4 rings (SSSR count). The Morgan fingerprint density at radius 2 is 1.71 bits per heavy atom.